The average Bonchev–Trinajstić information content (AvgIpc) is 3.17. The van der Waals surface area contributed by atoms with Crippen molar-refractivity contribution >= 4 is 11.6 Å². The number of oxazole rings is 1. The first-order chi connectivity index (χ1) is 13.2. The molecule has 0 fully saturated rings. The molecule has 0 aliphatic carbocycles. The number of nitrogens with zero attached hydrogens (tertiary/aromatic N) is 1. The fourth-order valence-corrected chi connectivity index (χ4v) is 2.76. The van der Waals surface area contributed by atoms with Gasteiger partial charge in [-0.2, -0.15) is 0 Å². The quantitative estimate of drug-likeness (QED) is 0.642. The summed E-state index contributed by atoms with van der Waals surface area (Å²) in [6, 6.07) is 17.1. The SMILES string of the molecule is CC[NH+](CC(=O)Nc1ccc(OC)cc1)Cc1ncc(-c2ccccc2)o1. The van der Waals surface area contributed by atoms with Gasteiger partial charge in [0, 0.05) is 11.3 Å². The van der Waals surface area contributed by atoms with Gasteiger partial charge in [-0.3, -0.25) is 4.79 Å². The molecule has 0 radical (unpaired) electrons. The molecule has 0 bridgehead atoms. The summed E-state index contributed by atoms with van der Waals surface area (Å²) >= 11 is 0. The van der Waals surface area contributed by atoms with E-state index in [4.69, 9.17) is 9.15 Å². The zero-order valence-corrected chi connectivity index (χ0v) is 15.6. The molecule has 1 amide bonds. The van der Waals surface area contributed by atoms with Crippen LogP contribution in [0.5, 0.6) is 5.75 Å². The third kappa shape index (κ3) is 5.18. The highest BCUT2D eigenvalue weighted by Gasteiger charge is 2.17. The van der Waals surface area contributed by atoms with E-state index in [1.165, 1.54) is 0 Å². The fraction of sp³-hybridized carbons (Fsp3) is 0.238. The molecule has 1 atom stereocenters. The summed E-state index contributed by atoms with van der Waals surface area (Å²) in [5, 5.41) is 2.91. The molecule has 0 saturated heterocycles. The Labute approximate surface area is 158 Å². The van der Waals surface area contributed by atoms with E-state index in [0.29, 0.717) is 19.0 Å². The molecular formula is C21H24N3O3+. The molecule has 0 spiro atoms. The molecule has 3 aromatic rings. The first-order valence-electron chi connectivity index (χ1n) is 8.95. The van der Waals surface area contributed by atoms with Gasteiger partial charge in [0.15, 0.2) is 18.8 Å². The second-order valence-corrected chi connectivity index (χ2v) is 6.22. The molecule has 6 nitrogen and oxygen atoms in total. The summed E-state index contributed by atoms with van der Waals surface area (Å²) in [5.74, 6) is 2.07. The smallest absolute Gasteiger partial charge is 0.279 e. The molecule has 0 saturated carbocycles. The molecule has 1 unspecified atom stereocenters. The Morgan fingerprint density at radius 2 is 1.89 bits per heavy atom. The number of amides is 1. The molecule has 6 heteroatoms. The van der Waals surface area contributed by atoms with Crippen molar-refractivity contribution in [3.8, 4) is 17.1 Å². The van der Waals surface area contributed by atoms with Crippen molar-refractivity contribution in [2.45, 2.75) is 13.5 Å². The summed E-state index contributed by atoms with van der Waals surface area (Å²) in [7, 11) is 1.61. The number of benzene rings is 2. The number of anilines is 1. The maximum absolute atomic E-state index is 12.3. The van der Waals surface area contributed by atoms with Gasteiger partial charge in [-0.25, -0.2) is 4.98 Å². The second-order valence-electron chi connectivity index (χ2n) is 6.22. The Balaban J connectivity index is 1.57. The van der Waals surface area contributed by atoms with E-state index >= 15 is 0 Å². The number of nitrogens with one attached hydrogen (secondary N) is 2. The molecule has 0 aliphatic rings. The van der Waals surface area contributed by atoms with Crippen LogP contribution in [0.2, 0.25) is 0 Å². The highest BCUT2D eigenvalue weighted by molar-refractivity contribution is 5.91. The highest BCUT2D eigenvalue weighted by Crippen LogP contribution is 2.19. The third-order valence-corrected chi connectivity index (χ3v) is 4.30. The Kier molecular flexibility index (Phi) is 6.22. The predicted octanol–water partition coefficient (Wildman–Crippen LogP) is 2.39. The Bertz CT molecular complexity index is 860. The lowest BCUT2D eigenvalue weighted by Gasteiger charge is -2.15. The van der Waals surface area contributed by atoms with Gasteiger partial charge < -0.3 is 19.4 Å². The molecule has 0 aliphatic heterocycles. The van der Waals surface area contributed by atoms with Crippen LogP contribution in [0.4, 0.5) is 5.69 Å². The first kappa shape index (κ1) is 18.7. The number of quaternary nitrogens is 1. The number of carbonyl (C=O) groups is 1. The highest BCUT2D eigenvalue weighted by atomic mass is 16.5. The Hall–Kier alpha value is -3.12. The zero-order chi connectivity index (χ0) is 19.1. The van der Waals surface area contributed by atoms with E-state index < -0.39 is 0 Å². The number of hydrogen-bond donors (Lipinski definition) is 2. The van der Waals surface area contributed by atoms with Crippen molar-refractivity contribution in [2.75, 3.05) is 25.5 Å². The van der Waals surface area contributed by atoms with Gasteiger partial charge in [-0.05, 0) is 31.2 Å². The lowest BCUT2D eigenvalue weighted by molar-refractivity contribution is -0.905. The Morgan fingerprint density at radius 3 is 2.56 bits per heavy atom. The van der Waals surface area contributed by atoms with Gasteiger partial charge in [0.1, 0.15) is 5.75 Å². The lowest BCUT2D eigenvalue weighted by atomic mass is 10.2. The maximum atomic E-state index is 12.3. The number of aromatic nitrogens is 1. The van der Waals surface area contributed by atoms with Crippen molar-refractivity contribution in [3.05, 3.63) is 66.7 Å². The minimum atomic E-state index is -0.0492. The first-order valence-corrected chi connectivity index (χ1v) is 8.95. The summed E-state index contributed by atoms with van der Waals surface area (Å²) in [6.07, 6.45) is 1.73. The summed E-state index contributed by atoms with van der Waals surface area (Å²) < 4.78 is 11.0. The number of hydrogen-bond acceptors (Lipinski definition) is 4. The molecule has 2 N–H and O–H groups in total. The number of carbonyl (C=O) groups excluding carboxylic acids is 1. The van der Waals surface area contributed by atoms with Crippen LogP contribution in [0, 0.1) is 0 Å². The average molecular weight is 366 g/mol. The normalized spacial score (nSPS) is 11.8. The van der Waals surface area contributed by atoms with E-state index in [1.807, 2.05) is 61.5 Å². The summed E-state index contributed by atoms with van der Waals surface area (Å²) in [4.78, 5) is 17.8. The molecule has 1 heterocycles. The fourth-order valence-electron chi connectivity index (χ4n) is 2.76. The van der Waals surface area contributed by atoms with Crippen LogP contribution in [0.1, 0.15) is 12.8 Å². The van der Waals surface area contributed by atoms with Gasteiger partial charge in [-0.1, -0.05) is 30.3 Å². The third-order valence-electron chi connectivity index (χ3n) is 4.30. The van der Waals surface area contributed by atoms with Crippen molar-refractivity contribution < 1.29 is 18.8 Å². The molecule has 2 aromatic carbocycles. The van der Waals surface area contributed by atoms with Crippen LogP contribution in [-0.2, 0) is 11.3 Å². The van der Waals surface area contributed by atoms with E-state index in [-0.39, 0.29) is 5.91 Å². The van der Waals surface area contributed by atoms with Gasteiger partial charge in [-0.15, -0.1) is 0 Å². The van der Waals surface area contributed by atoms with Crippen LogP contribution in [0.3, 0.4) is 0 Å². The predicted molar refractivity (Wildman–Crippen MR) is 104 cm³/mol. The van der Waals surface area contributed by atoms with Crippen molar-refractivity contribution in [1.82, 2.24) is 4.98 Å². The number of likely N-dealkylation sites (N-methyl/N-ethyl adjacent to an activating group) is 1. The molecular weight excluding hydrogens is 342 g/mol. The second kappa shape index (κ2) is 9.00. The minimum Gasteiger partial charge on any atom is -0.497 e. The summed E-state index contributed by atoms with van der Waals surface area (Å²) in [6.45, 7) is 3.72. The van der Waals surface area contributed by atoms with Crippen LogP contribution in [0.25, 0.3) is 11.3 Å². The van der Waals surface area contributed by atoms with Crippen LogP contribution < -0.4 is 15.0 Å². The monoisotopic (exact) mass is 366 g/mol. The Morgan fingerprint density at radius 1 is 1.15 bits per heavy atom. The van der Waals surface area contributed by atoms with Crippen LogP contribution in [0.15, 0.2) is 65.2 Å². The maximum Gasteiger partial charge on any atom is 0.279 e. The van der Waals surface area contributed by atoms with Crippen LogP contribution >= 0.6 is 0 Å². The number of rotatable bonds is 8. The van der Waals surface area contributed by atoms with E-state index in [1.54, 1.807) is 13.3 Å². The van der Waals surface area contributed by atoms with Gasteiger partial charge >= 0.3 is 0 Å². The lowest BCUT2D eigenvalue weighted by Crippen LogP contribution is -3.11. The standard InChI is InChI=1S/C21H23N3O3/c1-3-24(14-20(25)23-17-9-11-18(26-2)12-10-17)15-21-22-13-19(27-21)16-7-5-4-6-8-16/h4-13H,3,14-15H2,1-2H3,(H,23,25)/p+1. The van der Waals surface area contributed by atoms with Gasteiger partial charge in [0.2, 0.25) is 0 Å². The zero-order valence-electron chi connectivity index (χ0n) is 15.6. The largest absolute Gasteiger partial charge is 0.497 e. The van der Waals surface area contributed by atoms with Crippen LogP contribution in [-0.4, -0.2) is 31.1 Å². The molecule has 27 heavy (non-hydrogen) atoms. The van der Waals surface area contributed by atoms with Crippen molar-refractivity contribution in [1.29, 1.82) is 0 Å². The molecule has 3 rings (SSSR count). The van der Waals surface area contributed by atoms with Gasteiger partial charge in [0.25, 0.3) is 11.8 Å². The number of methoxy groups -OCH3 is 1. The number of ether oxygens (including phenoxy) is 1. The van der Waals surface area contributed by atoms with Crippen molar-refractivity contribution in [2.24, 2.45) is 0 Å². The van der Waals surface area contributed by atoms with E-state index in [2.05, 4.69) is 10.3 Å². The molecule has 140 valence electrons. The van der Waals surface area contributed by atoms with E-state index in [0.717, 1.165) is 34.2 Å². The van der Waals surface area contributed by atoms with E-state index in [9.17, 15) is 4.79 Å². The molecule has 1 aromatic heterocycles. The minimum absolute atomic E-state index is 0.0492. The van der Waals surface area contributed by atoms with Crippen molar-refractivity contribution in [3.63, 3.8) is 0 Å². The topological polar surface area (TPSA) is 68.8 Å². The van der Waals surface area contributed by atoms with Gasteiger partial charge in [0.05, 0.1) is 19.9 Å². The summed E-state index contributed by atoms with van der Waals surface area (Å²) in [5.41, 5.74) is 1.74.